The van der Waals surface area contributed by atoms with Gasteiger partial charge < -0.3 is 5.73 Å². The Morgan fingerprint density at radius 3 is 2.78 bits per heavy atom. The first-order valence-corrected chi connectivity index (χ1v) is 6.83. The van der Waals surface area contributed by atoms with Gasteiger partial charge in [0.15, 0.2) is 5.78 Å². The lowest BCUT2D eigenvalue weighted by Gasteiger charge is -2.11. The Morgan fingerprint density at radius 2 is 2.11 bits per heavy atom. The number of thiophene rings is 1. The fourth-order valence-electron chi connectivity index (χ4n) is 1.92. The van der Waals surface area contributed by atoms with Crippen LogP contribution in [0.25, 0.3) is 0 Å². The molecule has 1 unspecified atom stereocenters. The molecule has 1 aromatic heterocycles. The second-order valence-electron chi connectivity index (χ2n) is 4.57. The zero-order chi connectivity index (χ0) is 13.1. The minimum atomic E-state index is -0.495. The van der Waals surface area contributed by atoms with Crippen molar-refractivity contribution in [3.63, 3.8) is 0 Å². The summed E-state index contributed by atoms with van der Waals surface area (Å²) in [6.07, 6.45) is 0.409. The molecular weight excluding hydrogens is 242 g/mol. The molecule has 2 aromatic rings. The molecule has 0 aliphatic rings. The molecule has 0 saturated heterocycles. The average Bonchev–Trinajstić information content (AvgIpc) is 2.86. The van der Waals surface area contributed by atoms with Gasteiger partial charge in [-0.05, 0) is 36.4 Å². The van der Waals surface area contributed by atoms with Crippen molar-refractivity contribution in [1.82, 2.24) is 0 Å². The van der Waals surface area contributed by atoms with Crippen molar-refractivity contribution < 1.29 is 4.79 Å². The van der Waals surface area contributed by atoms with Crippen molar-refractivity contribution in [3.05, 3.63) is 57.3 Å². The maximum Gasteiger partial charge on any atom is 0.159 e. The second-order valence-corrected chi connectivity index (χ2v) is 5.55. The minimum absolute atomic E-state index is 0.0751. The van der Waals surface area contributed by atoms with E-state index in [1.165, 1.54) is 16.9 Å². The molecule has 1 aromatic carbocycles. The summed E-state index contributed by atoms with van der Waals surface area (Å²) in [6, 6.07) is 9.51. The van der Waals surface area contributed by atoms with Crippen LogP contribution in [0.2, 0.25) is 0 Å². The van der Waals surface area contributed by atoms with Gasteiger partial charge in [0.1, 0.15) is 0 Å². The summed E-state index contributed by atoms with van der Waals surface area (Å²) in [5.41, 5.74) is 9.38. The van der Waals surface area contributed by atoms with E-state index < -0.39 is 6.04 Å². The van der Waals surface area contributed by atoms with Gasteiger partial charge in [-0.2, -0.15) is 0 Å². The van der Waals surface area contributed by atoms with Gasteiger partial charge in [-0.1, -0.05) is 29.8 Å². The van der Waals surface area contributed by atoms with Crippen LogP contribution in [0.1, 0.15) is 27.6 Å². The van der Waals surface area contributed by atoms with Crippen molar-refractivity contribution in [2.45, 2.75) is 26.3 Å². The van der Waals surface area contributed by atoms with Crippen molar-refractivity contribution in [2.75, 3.05) is 0 Å². The van der Waals surface area contributed by atoms with Crippen molar-refractivity contribution in [2.24, 2.45) is 5.73 Å². The van der Waals surface area contributed by atoms with Gasteiger partial charge in [0.2, 0.25) is 0 Å². The molecule has 0 bridgehead atoms. The van der Waals surface area contributed by atoms with Crippen LogP contribution in [0.15, 0.2) is 35.7 Å². The van der Waals surface area contributed by atoms with E-state index in [2.05, 4.69) is 18.2 Å². The Hall–Kier alpha value is -1.45. The largest absolute Gasteiger partial charge is 0.317 e. The molecule has 1 atom stereocenters. The van der Waals surface area contributed by atoms with Crippen LogP contribution in [-0.2, 0) is 11.2 Å². The van der Waals surface area contributed by atoms with Crippen molar-refractivity contribution in [1.29, 1.82) is 0 Å². The van der Waals surface area contributed by atoms with Gasteiger partial charge in [-0.15, -0.1) is 11.3 Å². The summed E-state index contributed by atoms with van der Waals surface area (Å²) in [6.45, 7) is 4.06. The normalized spacial score (nSPS) is 12.4. The molecule has 0 aliphatic carbocycles. The van der Waals surface area contributed by atoms with Crippen LogP contribution in [0.4, 0.5) is 0 Å². The lowest BCUT2D eigenvalue weighted by molar-refractivity contribution is -0.119. The Bertz CT molecular complexity index is 546. The van der Waals surface area contributed by atoms with E-state index in [1.54, 1.807) is 0 Å². The van der Waals surface area contributed by atoms with E-state index >= 15 is 0 Å². The van der Waals surface area contributed by atoms with Gasteiger partial charge in [0.05, 0.1) is 6.04 Å². The Kier molecular flexibility index (Phi) is 3.94. The molecule has 94 valence electrons. The standard InChI is InChI=1S/C15H17NOS/c1-10-5-6-11(2)12(8-10)9-13(17)15(16)14-4-3-7-18-14/h3-8,15H,9,16H2,1-2H3. The number of hydrogen-bond acceptors (Lipinski definition) is 3. The Balaban J connectivity index is 2.14. The summed E-state index contributed by atoms with van der Waals surface area (Å²) in [5.74, 6) is 0.0751. The molecule has 1 heterocycles. The number of carbonyl (C=O) groups excluding carboxylic acids is 1. The number of carbonyl (C=O) groups is 1. The zero-order valence-electron chi connectivity index (χ0n) is 10.6. The predicted molar refractivity (Wildman–Crippen MR) is 75.9 cm³/mol. The first-order valence-electron chi connectivity index (χ1n) is 5.96. The Morgan fingerprint density at radius 1 is 1.33 bits per heavy atom. The van der Waals surface area contributed by atoms with Gasteiger partial charge in [-0.25, -0.2) is 0 Å². The van der Waals surface area contributed by atoms with Crippen LogP contribution in [0.3, 0.4) is 0 Å². The summed E-state index contributed by atoms with van der Waals surface area (Å²) in [5, 5.41) is 1.94. The number of nitrogens with two attached hydrogens (primary N) is 1. The van der Waals surface area contributed by atoms with Crippen LogP contribution in [-0.4, -0.2) is 5.78 Å². The molecule has 0 amide bonds. The maximum absolute atomic E-state index is 12.2. The number of rotatable bonds is 4. The van der Waals surface area contributed by atoms with Gasteiger partial charge in [-0.3, -0.25) is 4.79 Å². The quantitative estimate of drug-likeness (QED) is 0.916. The third-order valence-electron chi connectivity index (χ3n) is 3.07. The van der Waals surface area contributed by atoms with E-state index in [0.29, 0.717) is 6.42 Å². The summed E-state index contributed by atoms with van der Waals surface area (Å²) >= 11 is 1.53. The third kappa shape index (κ3) is 2.86. The zero-order valence-corrected chi connectivity index (χ0v) is 11.5. The lowest BCUT2D eigenvalue weighted by atomic mass is 9.98. The topological polar surface area (TPSA) is 43.1 Å². The SMILES string of the molecule is Cc1ccc(C)c(CC(=O)C(N)c2cccs2)c1. The molecule has 0 fully saturated rings. The van der Waals surface area contributed by atoms with Crippen molar-refractivity contribution in [3.8, 4) is 0 Å². The van der Waals surface area contributed by atoms with Gasteiger partial charge in [0.25, 0.3) is 0 Å². The number of benzene rings is 1. The highest BCUT2D eigenvalue weighted by molar-refractivity contribution is 7.10. The predicted octanol–water partition coefficient (Wildman–Crippen LogP) is 3.18. The lowest BCUT2D eigenvalue weighted by Crippen LogP contribution is -2.22. The maximum atomic E-state index is 12.2. The molecule has 0 aliphatic heterocycles. The van der Waals surface area contributed by atoms with Crippen LogP contribution < -0.4 is 5.73 Å². The van der Waals surface area contributed by atoms with E-state index in [1.807, 2.05) is 31.4 Å². The number of Topliss-reactive ketones (excluding diaryl/α,β-unsaturated/α-hetero) is 1. The van der Waals surface area contributed by atoms with E-state index in [-0.39, 0.29) is 5.78 Å². The number of hydrogen-bond donors (Lipinski definition) is 1. The highest BCUT2D eigenvalue weighted by atomic mass is 32.1. The first kappa shape index (κ1) is 13.0. The minimum Gasteiger partial charge on any atom is -0.317 e. The smallest absolute Gasteiger partial charge is 0.159 e. The third-order valence-corrected chi connectivity index (χ3v) is 4.02. The molecule has 2 N–H and O–H groups in total. The fourth-order valence-corrected chi connectivity index (χ4v) is 2.66. The number of aryl methyl sites for hydroxylation is 2. The monoisotopic (exact) mass is 259 g/mol. The molecule has 0 saturated carbocycles. The molecule has 2 nitrogen and oxygen atoms in total. The Labute approximate surface area is 111 Å². The summed E-state index contributed by atoms with van der Waals surface area (Å²) in [7, 11) is 0. The van der Waals surface area contributed by atoms with E-state index in [4.69, 9.17) is 5.73 Å². The summed E-state index contributed by atoms with van der Waals surface area (Å²) in [4.78, 5) is 13.1. The highest BCUT2D eigenvalue weighted by Gasteiger charge is 2.17. The van der Waals surface area contributed by atoms with Crippen LogP contribution >= 0.6 is 11.3 Å². The molecule has 3 heteroatoms. The van der Waals surface area contributed by atoms with Crippen LogP contribution in [0, 0.1) is 13.8 Å². The number of ketones is 1. The van der Waals surface area contributed by atoms with E-state index in [0.717, 1.165) is 16.0 Å². The molecular formula is C15H17NOS. The average molecular weight is 259 g/mol. The van der Waals surface area contributed by atoms with E-state index in [9.17, 15) is 4.79 Å². The molecule has 18 heavy (non-hydrogen) atoms. The summed E-state index contributed by atoms with van der Waals surface area (Å²) < 4.78 is 0. The molecule has 2 rings (SSSR count). The van der Waals surface area contributed by atoms with Gasteiger partial charge in [0, 0.05) is 11.3 Å². The molecule has 0 spiro atoms. The first-order chi connectivity index (χ1) is 8.58. The molecule has 0 radical (unpaired) electrons. The van der Waals surface area contributed by atoms with Gasteiger partial charge >= 0.3 is 0 Å². The van der Waals surface area contributed by atoms with Crippen molar-refractivity contribution >= 4 is 17.1 Å². The van der Waals surface area contributed by atoms with Crippen LogP contribution in [0.5, 0.6) is 0 Å². The second kappa shape index (κ2) is 5.46. The fraction of sp³-hybridized carbons (Fsp3) is 0.267. The highest BCUT2D eigenvalue weighted by Crippen LogP contribution is 2.20.